The molecule has 1 aliphatic heterocycles. The van der Waals surface area contributed by atoms with Crippen LogP contribution in [0.1, 0.15) is 25.3 Å². The minimum absolute atomic E-state index is 0.214. The highest BCUT2D eigenvalue weighted by Crippen LogP contribution is 2.24. The number of likely N-dealkylation sites (N-methyl/N-ethyl adjacent to an activating group) is 2. The van der Waals surface area contributed by atoms with Crippen LogP contribution in [-0.4, -0.2) is 37.6 Å². The molecule has 0 aromatic heterocycles. The van der Waals surface area contributed by atoms with E-state index in [1.54, 1.807) is 0 Å². The summed E-state index contributed by atoms with van der Waals surface area (Å²) < 4.78 is 13.2. The summed E-state index contributed by atoms with van der Waals surface area (Å²) >= 11 is 0. The molecule has 2 rings (SSSR count). The molecule has 0 radical (unpaired) electrons. The van der Waals surface area contributed by atoms with Crippen LogP contribution in [0.5, 0.6) is 0 Å². The second-order valence-electron chi connectivity index (χ2n) is 5.28. The van der Waals surface area contributed by atoms with Crippen LogP contribution in [0.25, 0.3) is 0 Å². The molecule has 4 heteroatoms. The number of benzene rings is 1. The molecule has 1 aromatic carbocycles. The Labute approximate surface area is 115 Å². The van der Waals surface area contributed by atoms with Gasteiger partial charge in [-0.3, -0.25) is 4.90 Å². The fourth-order valence-electron chi connectivity index (χ4n) is 3.02. The van der Waals surface area contributed by atoms with E-state index in [4.69, 9.17) is 5.73 Å². The number of nitrogens with zero attached hydrogens (tertiary/aromatic N) is 2. The van der Waals surface area contributed by atoms with Crippen LogP contribution in [0.15, 0.2) is 18.2 Å². The van der Waals surface area contributed by atoms with Crippen molar-refractivity contribution < 1.29 is 4.39 Å². The lowest BCUT2D eigenvalue weighted by Gasteiger charge is -2.30. The van der Waals surface area contributed by atoms with Crippen LogP contribution in [0.2, 0.25) is 0 Å². The molecule has 0 aliphatic carbocycles. The molecule has 0 saturated carbocycles. The molecule has 106 valence electrons. The van der Waals surface area contributed by atoms with Crippen LogP contribution < -0.4 is 10.6 Å². The highest BCUT2D eigenvalue weighted by Gasteiger charge is 2.24. The lowest BCUT2D eigenvalue weighted by molar-refractivity contribution is 0.270. The highest BCUT2D eigenvalue weighted by atomic mass is 19.1. The Morgan fingerprint density at radius 3 is 2.95 bits per heavy atom. The third-order valence-electron chi connectivity index (χ3n) is 4.06. The van der Waals surface area contributed by atoms with Gasteiger partial charge in [0.25, 0.3) is 0 Å². The molecule has 1 fully saturated rings. The molecule has 0 spiro atoms. The predicted molar refractivity (Wildman–Crippen MR) is 77.8 cm³/mol. The molecule has 1 unspecified atom stereocenters. The van der Waals surface area contributed by atoms with Crippen LogP contribution in [0.3, 0.4) is 0 Å². The summed E-state index contributed by atoms with van der Waals surface area (Å²) in [6.45, 7) is 5.86. The Morgan fingerprint density at radius 1 is 1.47 bits per heavy atom. The normalized spacial score (nSPS) is 19.9. The van der Waals surface area contributed by atoms with Crippen molar-refractivity contribution in [2.45, 2.75) is 32.4 Å². The lowest BCUT2D eigenvalue weighted by atomic mass is 10.1. The zero-order valence-electron chi connectivity index (χ0n) is 11.9. The molecule has 19 heavy (non-hydrogen) atoms. The van der Waals surface area contributed by atoms with Gasteiger partial charge in [-0.1, -0.05) is 6.92 Å². The maximum atomic E-state index is 13.2. The quantitative estimate of drug-likeness (QED) is 0.886. The van der Waals surface area contributed by atoms with E-state index in [-0.39, 0.29) is 5.82 Å². The topological polar surface area (TPSA) is 32.5 Å². The van der Waals surface area contributed by atoms with Gasteiger partial charge in [-0.25, -0.2) is 4.39 Å². The summed E-state index contributed by atoms with van der Waals surface area (Å²) in [6, 6.07) is 5.49. The molecular formula is C15H24FN3. The molecule has 0 bridgehead atoms. The molecular weight excluding hydrogens is 241 g/mol. The third kappa shape index (κ3) is 3.25. The van der Waals surface area contributed by atoms with E-state index in [0.717, 1.165) is 24.3 Å². The van der Waals surface area contributed by atoms with Crippen LogP contribution in [0.4, 0.5) is 10.1 Å². The highest BCUT2D eigenvalue weighted by molar-refractivity contribution is 5.53. The van der Waals surface area contributed by atoms with Crippen molar-refractivity contribution in [1.82, 2.24) is 4.90 Å². The standard InChI is InChI=1S/C15H24FN3/c1-3-19-8-4-5-14(19)11-18(2)15-7-6-13(16)9-12(15)10-17/h6-7,9,14H,3-5,8,10-11,17H2,1-2H3. The van der Waals surface area contributed by atoms with Crippen LogP contribution >= 0.6 is 0 Å². The molecule has 3 nitrogen and oxygen atoms in total. The fraction of sp³-hybridized carbons (Fsp3) is 0.600. The summed E-state index contributed by atoms with van der Waals surface area (Å²) in [5, 5.41) is 0. The number of hydrogen-bond acceptors (Lipinski definition) is 3. The maximum absolute atomic E-state index is 13.2. The first kappa shape index (κ1) is 14.3. The summed E-state index contributed by atoms with van der Waals surface area (Å²) in [4.78, 5) is 4.72. The van der Waals surface area contributed by atoms with Gasteiger partial charge in [0.15, 0.2) is 0 Å². The summed E-state index contributed by atoms with van der Waals surface area (Å²) in [5.74, 6) is -0.214. The Hall–Kier alpha value is -1.13. The van der Waals surface area contributed by atoms with E-state index in [1.165, 1.54) is 31.5 Å². The monoisotopic (exact) mass is 265 g/mol. The van der Waals surface area contributed by atoms with Gasteiger partial charge < -0.3 is 10.6 Å². The van der Waals surface area contributed by atoms with E-state index in [9.17, 15) is 4.39 Å². The first-order chi connectivity index (χ1) is 9.15. The van der Waals surface area contributed by atoms with Gasteiger partial charge in [0, 0.05) is 31.9 Å². The van der Waals surface area contributed by atoms with E-state index >= 15 is 0 Å². The molecule has 1 aromatic rings. The average molecular weight is 265 g/mol. The van der Waals surface area contributed by atoms with Crippen LogP contribution in [-0.2, 0) is 6.54 Å². The SMILES string of the molecule is CCN1CCCC1CN(C)c1ccc(F)cc1CN. The first-order valence-electron chi connectivity index (χ1n) is 7.09. The Balaban J connectivity index is 2.09. The summed E-state index contributed by atoms with van der Waals surface area (Å²) in [5.41, 5.74) is 7.64. The zero-order valence-corrected chi connectivity index (χ0v) is 11.9. The largest absolute Gasteiger partial charge is 0.373 e. The Morgan fingerprint density at radius 2 is 2.26 bits per heavy atom. The number of rotatable bonds is 5. The van der Waals surface area contributed by atoms with Crippen molar-refractivity contribution in [2.75, 3.05) is 31.6 Å². The van der Waals surface area contributed by atoms with Crippen molar-refractivity contribution in [1.29, 1.82) is 0 Å². The Kier molecular flexibility index (Phi) is 4.77. The molecule has 1 saturated heterocycles. The maximum Gasteiger partial charge on any atom is 0.123 e. The number of nitrogens with two attached hydrogens (primary N) is 1. The summed E-state index contributed by atoms with van der Waals surface area (Å²) in [7, 11) is 2.07. The lowest BCUT2D eigenvalue weighted by Crippen LogP contribution is -2.39. The van der Waals surface area contributed by atoms with Crippen molar-refractivity contribution in [3.8, 4) is 0 Å². The van der Waals surface area contributed by atoms with Crippen molar-refractivity contribution in [3.63, 3.8) is 0 Å². The Bertz CT molecular complexity index is 422. The molecule has 2 N–H and O–H groups in total. The fourth-order valence-corrected chi connectivity index (χ4v) is 3.02. The third-order valence-corrected chi connectivity index (χ3v) is 4.06. The van der Waals surface area contributed by atoms with Crippen molar-refractivity contribution in [2.24, 2.45) is 5.73 Å². The van der Waals surface area contributed by atoms with Gasteiger partial charge in [-0.15, -0.1) is 0 Å². The van der Waals surface area contributed by atoms with Crippen LogP contribution in [0, 0.1) is 5.82 Å². The molecule has 1 heterocycles. The average Bonchev–Trinajstić information content (AvgIpc) is 2.85. The smallest absolute Gasteiger partial charge is 0.123 e. The zero-order chi connectivity index (χ0) is 13.8. The minimum atomic E-state index is -0.214. The van der Waals surface area contributed by atoms with Gasteiger partial charge in [0.2, 0.25) is 0 Å². The number of hydrogen-bond donors (Lipinski definition) is 1. The van der Waals surface area contributed by atoms with E-state index in [0.29, 0.717) is 12.6 Å². The van der Waals surface area contributed by atoms with E-state index < -0.39 is 0 Å². The molecule has 1 atom stereocenters. The second-order valence-corrected chi connectivity index (χ2v) is 5.28. The number of halogens is 1. The molecule has 0 amide bonds. The number of likely N-dealkylation sites (tertiary alicyclic amines) is 1. The van der Waals surface area contributed by atoms with E-state index in [2.05, 4.69) is 23.8 Å². The van der Waals surface area contributed by atoms with Crippen molar-refractivity contribution in [3.05, 3.63) is 29.6 Å². The number of anilines is 1. The van der Waals surface area contributed by atoms with Gasteiger partial charge >= 0.3 is 0 Å². The van der Waals surface area contributed by atoms with Crippen molar-refractivity contribution >= 4 is 5.69 Å². The van der Waals surface area contributed by atoms with E-state index in [1.807, 2.05) is 6.07 Å². The first-order valence-corrected chi connectivity index (χ1v) is 7.09. The van der Waals surface area contributed by atoms with Gasteiger partial charge in [0.1, 0.15) is 5.82 Å². The van der Waals surface area contributed by atoms with Gasteiger partial charge in [-0.05, 0) is 49.7 Å². The van der Waals surface area contributed by atoms with Gasteiger partial charge in [-0.2, -0.15) is 0 Å². The summed E-state index contributed by atoms with van der Waals surface area (Å²) in [6.07, 6.45) is 2.52. The molecule has 1 aliphatic rings. The minimum Gasteiger partial charge on any atom is -0.373 e. The predicted octanol–water partition coefficient (Wildman–Crippen LogP) is 2.20. The van der Waals surface area contributed by atoms with Gasteiger partial charge in [0.05, 0.1) is 0 Å². The second kappa shape index (κ2) is 6.35.